The number of nitrogens with one attached hydrogen (secondary N) is 3. The zero-order valence-electron chi connectivity index (χ0n) is 20.6. The summed E-state index contributed by atoms with van der Waals surface area (Å²) in [6.07, 6.45) is 1.24. The lowest BCUT2D eigenvalue weighted by atomic mass is 10.1. The normalized spacial score (nSPS) is 15.9. The second kappa shape index (κ2) is 11.0. The van der Waals surface area contributed by atoms with E-state index in [1.165, 1.54) is 17.4 Å². The average molecular weight is 545 g/mol. The second-order valence-corrected chi connectivity index (χ2v) is 10.00. The number of aryl methyl sites for hydroxylation is 1. The Bertz CT molecular complexity index is 1320. The maximum Gasteiger partial charge on any atom is 0.416 e. The molecule has 12 heteroatoms. The first-order valence-corrected chi connectivity index (χ1v) is 13.1. The summed E-state index contributed by atoms with van der Waals surface area (Å²) in [5, 5.41) is 4.34. The van der Waals surface area contributed by atoms with Crippen LogP contribution in [0.4, 0.5) is 24.5 Å². The van der Waals surface area contributed by atoms with E-state index in [0.717, 1.165) is 54.2 Å². The average Bonchev–Trinajstić information content (AvgIpc) is 3.66. The zero-order chi connectivity index (χ0) is 26.7. The molecule has 0 spiro atoms. The molecule has 5 rings (SSSR count). The molecule has 1 fully saturated rings. The molecule has 0 atom stereocenters. The molecular weight excluding hydrogens is 517 g/mol. The maximum absolute atomic E-state index is 13.6. The van der Waals surface area contributed by atoms with Gasteiger partial charge in [0.25, 0.3) is 5.91 Å². The van der Waals surface area contributed by atoms with Gasteiger partial charge in [-0.3, -0.25) is 19.7 Å². The molecule has 0 aliphatic carbocycles. The van der Waals surface area contributed by atoms with E-state index < -0.39 is 17.6 Å². The molecule has 3 heterocycles. The minimum atomic E-state index is -4.58. The van der Waals surface area contributed by atoms with Crippen molar-refractivity contribution in [2.45, 2.75) is 25.9 Å². The van der Waals surface area contributed by atoms with Crippen LogP contribution in [0.3, 0.4) is 0 Å². The number of alkyl halides is 3. The zero-order valence-corrected chi connectivity index (χ0v) is 21.5. The number of carbonyl (C=O) groups is 1. The number of aromatic nitrogens is 1. The van der Waals surface area contributed by atoms with Gasteiger partial charge in [-0.2, -0.15) is 13.2 Å². The van der Waals surface area contributed by atoms with Gasteiger partial charge in [-0.15, -0.1) is 16.9 Å². The van der Waals surface area contributed by atoms with Crippen molar-refractivity contribution in [3.63, 3.8) is 0 Å². The van der Waals surface area contributed by atoms with Crippen molar-refractivity contribution in [1.82, 2.24) is 20.8 Å². The Labute approximate surface area is 222 Å². The molecule has 200 valence electrons. The number of benzene rings is 2. The lowest BCUT2D eigenvalue weighted by Gasteiger charge is -2.19. The number of anilines is 2. The molecule has 1 saturated heterocycles. The number of hydrogen-bond donors (Lipinski definition) is 3. The highest BCUT2D eigenvalue weighted by Gasteiger charge is 2.32. The largest absolute Gasteiger partial charge is 0.492 e. The Morgan fingerprint density at radius 3 is 2.74 bits per heavy atom. The van der Waals surface area contributed by atoms with Crippen molar-refractivity contribution in [2.24, 2.45) is 0 Å². The van der Waals surface area contributed by atoms with Gasteiger partial charge in [0.1, 0.15) is 12.4 Å². The molecule has 8 nitrogen and oxygen atoms in total. The second-order valence-electron chi connectivity index (χ2n) is 9.11. The quantitative estimate of drug-likeness (QED) is 0.367. The van der Waals surface area contributed by atoms with Crippen LogP contribution in [0.25, 0.3) is 5.70 Å². The van der Waals surface area contributed by atoms with Crippen LogP contribution in [-0.4, -0.2) is 42.0 Å². The number of likely N-dealkylation sites (tertiary alicyclic amines) is 1. The maximum atomic E-state index is 13.6. The smallest absolute Gasteiger partial charge is 0.416 e. The molecule has 2 aromatic carbocycles. The number of ether oxygens (including phenoxy) is 1. The summed E-state index contributed by atoms with van der Waals surface area (Å²) in [6.45, 7) is 4.75. The van der Waals surface area contributed by atoms with Gasteiger partial charge in [-0.05, 0) is 62.7 Å². The van der Waals surface area contributed by atoms with Gasteiger partial charge in [0.05, 0.1) is 27.3 Å². The van der Waals surface area contributed by atoms with Gasteiger partial charge in [0.2, 0.25) is 0 Å². The highest BCUT2D eigenvalue weighted by atomic mass is 32.1. The van der Waals surface area contributed by atoms with Crippen molar-refractivity contribution in [3.05, 3.63) is 75.9 Å². The van der Waals surface area contributed by atoms with Crippen LogP contribution in [0, 0.1) is 6.92 Å². The monoisotopic (exact) mass is 544 g/mol. The van der Waals surface area contributed by atoms with Gasteiger partial charge < -0.3 is 15.5 Å². The van der Waals surface area contributed by atoms with Crippen LogP contribution in [0.15, 0.2) is 54.3 Å². The fourth-order valence-corrected chi connectivity index (χ4v) is 4.94. The molecule has 2 aliphatic rings. The Morgan fingerprint density at radius 1 is 1.18 bits per heavy atom. The van der Waals surface area contributed by atoms with Crippen LogP contribution >= 0.6 is 11.3 Å². The fraction of sp³-hybridized carbons (Fsp3) is 0.308. The fourth-order valence-electron chi connectivity index (χ4n) is 4.35. The highest BCUT2D eigenvalue weighted by molar-refractivity contribution is 7.10. The molecule has 0 bridgehead atoms. The molecule has 1 aromatic heterocycles. The van der Waals surface area contributed by atoms with Gasteiger partial charge >= 0.3 is 6.18 Å². The summed E-state index contributed by atoms with van der Waals surface area (Å²) in [5.74, 6) is -0.473. The number of rotatable bonds is 8. The number of nitrogens with zero attached hydrogens (tertiary/aromatic N) is 3. The van der Waals surface area contributed by atoms with Gasteiger partial charge in [-0.25, -0.2) is 0 Å². The van der Waals surface area contributed by atoms with E-state index in [4.69, 9.17) is 4.74 Å². The lowest BCUT2D eigenvalue weighted by molar-refractivity contribution is -0.137. The van der Waals surface area contributed by atoms with Crippen LogP contribution in [-0.2, 0) is 6.18 Å². The molecule has 3 aromatic rings. The minimum Gasteiger partial charge on any atom is -0.492 e. The third-order valence-corrected chi connectivity index (χ3v) is 7.17. The van der Waals surface area contributed by atoms with E-state index in [1.54, 1.807) is 34.9 Å². The predicted octanol–water partition coefficient (Wildman–Crippen LogP) is 5.03. The molecule has 0 unspecified atom stereocenters. The van der Waals surface area contributed by atoms with Crippen LogP contribution in [0.5, 0.6) is 5.75 Å². The van der Waals surface area contributed by atoms with Gasteiger partial charge in [0.15, 0.2) is 0 Å². The van der Waals surface area contributed by atoms with E-state index in [-0.39, 0.29) is 18.0 Å². The number of thiazole rings is 1. The Hall–Kier alpha value is -3.61. The van der Waals surface area contributed by atoms with Crippen molar-refractivity contribution in [3.8, 4) is 5.75 Å². The number of amides is 1. The van der Waals surface area contributed by atoms with Crippen molar-refractivity contribution < 1.29 is 22.7 Å². The van der Waals surface area contributed by atoms with E-state index in [0.29, 0.717) is 17.8 Å². The standard InChI is InChI=1S/C26H27F3N6O2S/c1-17-4-5-18(10-23(17)35-15-22(32-33-35)24-14-30-16-38-24)25(36)31-20-11-19(26(27,28)29)12-21(13-20)37-9-8-34-6-2-3-7-34/h4-5,10-16,32-33H,2-3,6-9H2,1H3,(H,31,36). The number of hydrogen-bond acceptors (Lipinski definition) is 8. The predicted molar refractivity (Wildman–Crippen MR) is 141 cm³/mol. The third kappa shape index (κ3) is 6.09. The SMILES string of the molecule is Cc1ccc(C(=O)Nc2cc(OCCN3CCCC3)cc(C(F)(F)F)c2)cc1N1C=C(c2cncs2)NN1. The molecule has 0 radical (unpaired) electrons. The Kier molecular flexibility index (Phi) is 7.54. The summed E-state index contributed by atoms with van der Waals surface area (Å²) in [7, 11) is 0. The van der Waals surface area contributed by atoms with Crippen LogP contribution in [0.2, 0.25) is 0 Å². The highest BCUT2D eigenvalue weighted by Crippen LogP contribution is 2.34. The Balaban J connectivity index is 1.32. The van der Waals surface area contributed by atoms with Crippen molar-refractivity contribution in [1.29, 1.82) is 0 Å². The van der Waals surface area contributed by atoms with Crippen LogP contribution < -0.4 is 26.0 Å². The summed E-state index contributed by atoms with van der Waals surface area (Å²) in [5.41, 5.74) is 9.67. The van der Waals surface area contributed by atoms with Crippen molar-refractivity contribution in [2.75, 3.05) is 36.6 Å². The molecular formula is C26H27F3N6O2S. The summed E-state index contributed by atoms with van der Waals surface area (Å²) < 4.78 is 46.4. The number of halogens is 3. The first-order valence-electron chi connectivity index (χ1n) is 12.2. The summed E-state index contributed by atoms with van der Waals surface area (Å²) in [6, 6.07) is 8.38. The molecule has 38 heavy (non-hydrogen) atoms. The number of carbonyl (C=O) groups excluding carboxylic acids is 1. The first-order chi connectivity index (χ1) is 18.3. The lowest BCUT2D eigenvalue weighted by Crippen LogP contribution is -2.36. The van der Waals surface area contributed by atoms with E-state index in [1.807, 2.05) is 13.1 Å². The topological polar surface area (TPSA) is 81.8 Å². The summed E-state index contributed by atoms with van der Waals surface area (Å²) >= 11 is 1.48. The van der Waals surface area contributed by atoms with Gasteiger partial charge in [-0.1, -0.05) is 6.07 Å². The van der Waals surface area contributed by atoms with Crippen molar-refractivity contribution >= 4 is 34.3 Å². The molecule has 2 aliphatic heterocycles. The van der Waals surface area contributed by atoms with Gasteiger partial charge in [0, 0.05) is 36.3 Å². The third-order valence-electron chi connectivity index (χ3n) is 6.36. The summed E-state index contributed by atoms with van der Waals surface area (Å²) in [4.78, 5) is 20.3. The number of hydrazine groups is 2. The molecule has 1 amide bonds. The van der Waals surface area contributed by atoms with Crippen LogP contribution in [0.1, 0.15) is 39.2 Å². The van der Waals surface area contributed by atoms with E-state index >= 15 is 0 Å². The minimum absolute atomic E-state index is 0.0106. The molecule has 0 saturated carbocycles. The molecule has 3 N–H and O–H groups in total. The van der Waals surface area contributed by atoms with E-state index in [9.17, 15) is 18.0 Å². The Morgan fingerprint density at radius 2 is 2.00 bits per heavy atom. The first kappa shape index (κ1) is 26.0. The van der Waals surface area contributed by atoms with E-state index in [2.05, 4.69) is 26.2 Å².